The number of nitrogens with one attached hydrogen (secondary N) is 1. The monoisotopic (exact) mass is 333 g/mol. The molecule has 0 aliphatic heterocycles. The van der Waals surface area contributed by atoms with Crippen LogP contribution in [0, 0.1) is 0 Å². The summed E-state index contributed by atoms with van der Waals surface area (Å²) in [6.07, 6.45) is 9.61. The lowest BCUT2D eigenvalue weighted by molar-refractivity contribution is 0.261. The van der Waals surface area contributed by atoms with Crippen molar-refractivity contribution in [2.45, 2.75) is 52.5 Å². The van der Waals surface area contributed by atoms with Crippen molar-refractivity contribution in [3.63, 3.8) is 0 Å². The number of unbranched alkanes of at least 4 members (excludes halogenated alkanes) is 2. The average molecular weight is 333 g/mol. The Morgan fingerprint density at radius 1 is 1.04 bits per heavy atom. The highest BCUT2D eigenvalue weighted by atomic mass is 16.4. The number of nitrogens with zero attached hydrogens (tertiary/aromatic N) is 2. The van der Waals surface area contributed by atoms with E-state index in [0.29, 0.717) is 11.7 Å². The van der Waals surface area contributed by atoms with E-state index in [4.69, 9.17) is 8.83 Å². The Labute approximate surface area is 145 Å². The third-order valence-electron chi connectivity index (χ3n) is 4.07. The van der Waals surface area contributed by atoms with E-state index in [9.17, 15) is 0 Å². The molecule has 0 saturated carbocycles. The molecule has 2 aromatic rings. The number of hydrogen-bond acceptors (Lipinski definition) is 5. The fraction of sp³-hybridized carbons (Fsp3) is 0.632. The molecule has 134 valence electrons. The van der Waals surface area contributed by atoms with Crippen molar-refractivity contribution >= 4 is 0 Å². The van der Waals surface area contributed by atoms with E-state index in [1.807, 2.05) is 12.1 Å². The Kier molecular flexibility index (Phi) is 8.63. The first-order valence-electron chi connectivity index (χ1n) is 9.24. The van der Waals surface area contributed by atoms with Crippen molar-refractivity contribution in [2.24, 2.45) is 0 Å². The molecular weight excluding hydrogens is 302 g/mol. The number of aromatic nitrogens is 1. The molecule has 0 bridgehead atoms. The van der Waals surface area contributed by atoms with Gasteiger partial charge in [0.25, 0.3) is 5.89 Å². The third kappa shape index (κ3) is 6.49. The summed E-state index contributed by atoms with van der Waals surface area (Å²) in [5, 5.41) is 3.45. The topological polar surface area (TPSA) is 54.4 Å². The molecule has 0 aliphatic rings. The number of rotatable bonds is 13. The molecule has 0 radical (unpaired) electrons. The summed E-state index contributed by atoms with van der Waals surface area (Å²) in [7, 11) is 0. The summed E-state index contributed by atoms with van der Waals surface area (Å²) in [5.74, 6) is 1.21. The van der Waals surface area contributed by atoms with Crippen LogP contribution in [0.25, 0.3) is 11.7 Å². The van der Waals surface area contributed by atoms with Crippen LogP contribution in [0.5, 0.6) is 0 Å². The second-order valence-corrected chi connectivity index (χ2v) is 6.20. The van der Waals surface area contributed by atoms with Gasteiger partial charge in [-0.05, 0) is 57.6 Å². The first-order chi connectivity index (χ1) is 11.8. The summed E-state index contributed by atoms with van der Waals surface area (Å²) in [6, 6.07) is 3.69. The maximum absolute atomic E-state index is 5.44. The second-order valence-electron chi connectivity index (χ2n) is 6.20. The van der Waals surface area contributed by atoms with Crippen LogP contribution in [0.15, 0.2) is 33.5 Å². The van der Waals surface area contributed by atoms with Gasteiger partial charge >= 0.3 is 0 Å². The van der Waals surface area contributed by atoms with Crippen LogP contribution in [-0.2, 0) is 6.54 Å². The van der Waals surface area contributed by atoms with Gasteiger partial charge in [-0.15, -0.1) is 0 Å². The van der Waals surface area contributed by atoms with Gasteiger partial charge < -0.3 is 19.1 Å². The van der Waals surface area contributed by atoms with Crippen molar-refractivity contribution in [3.8, 4) is 11.7 Å². The molecule has 2 aromatic heterocycles. The molecule has 0 fully saturated rings. The Balaban J connectivity index is 1.63. The van der Waals surface area contributed by atoms with Gasteiger partial charge in [0.05, 0.1) is 12.0 Å². The SMILES string of the molecule is CCCCN(CCCC)CCCNCc1coc(-c2ccco2)n1. The van der Waals surface area contributed by atoms with Crippen LogP contribution in [0.1, 0.15) is 51.6 Å². The van der Waals surface area contributed by atoms with Gasteiger partial charge in [-0.25, -0.2) is 4.98 Å². The first kappa shape index (κ1) is 18.7. The predicted molar refractivity (Wildman–Crippen MR) is 96.8 cm³/mol. The molecule has 0 aromatic carbocycles. The van der Waals surface area contributed by atoms with Crippen molar-refractivity contribution in [1.29, 1.82) is 0 Å². The lowest BCUT2D eigenvalue weighted by atomic mass is 10.2. The summed E-state index contributed by atoms with van der Waals surface area (Å²) >= 11 is 0. The molecule has 5 nitrogen and oxygen atoms in total. The Bertz CT molecular complexity index is 529. The number of oxazole rings is 1. The third-order valence-corrected chi connectivity index (χ3v) is 4.07. The average Bonchev–Trinajstić information content (AvgIpc) is 3.27. The first-order valence-corrected chi connectivity index (χ1v) is 9.24. The molecule has 2 heterocycles. The molecule has 0 spiro atoms. The fourth-order valence-electron chi connectivity index (χ4n) is 2.64. The van der Waals surface area contributed by atoms with Crippen molar-refractivity contribution in [1.82, 2.24) is 15.2 Å². The predicted octanol–water partition coefficient (Wildman–Crippen LogP) is 4.32. The van der Waals surface area contributed by atoms with E-state index >= 15 is 0 Å². The zero-order valence-electron chi connectivity index (χ0n) is 15.1. The van der Waals surface area contributed by atoms with Crippen molar-refractivity contribution < 1.29 is 8.83 Å². The van der Waals surface area contributed by atoms with Gasteiger partial charge in [-0.1, -0.05) is 26.7 Å². The molecule has 24 heavy (non-hydrogen) atoms. The number of hydrogen-bond donors (Lipinski definition) is 1. The summed E-state index contributed by atoms with van der Waals surface area (Å²) in [4.78, 5) is 7.03. The lowest BCUT2D eigenvalue weighted by Gasteiger charge is -2.21. The maximum Gasteiger partial charge on any atom is 0.263 e. The molecule has 0 amide bonds. The standard InChI is InChI=1S/C19H31N3O2/c1-3-5-11-22(12-6-4-2)13-8-10-20-15-17-16-24-19(21-17)18-9-7-14-23-18/h7,9,14,16,20H,3-6,8,10-13,15H2,1-2H3. The molecule has 1 N–H and O–H groups in total. The number of furan rings is 1. The highest BCUT2D eigenvalue weighted by Gasteiger charge is 2.08. The van der Waals surface area contributed by atoms with Crippen LogP contribution in [0.4, 0.5) is 0 Å². The van der Waals surface area contributed by atoms with Crippen molar-refractivity contribution in [3.05, 3.63) is 30.4 Å². The van der Waals surface area contributed by atoms with E-state index in [-0.39, 0.29) is 0 Å². The van der Waals surface area contributed by atoms with Crippen LogP contribution in [0.2, 0.25) is 0 Å². The van der Waals surface area contributed by atoms with Gasteiger partial charge in [0.2, 0.25) is 0 Å². The molecule has 0 atom stereocenters. The fourth-order valence-corrected chi connectivity index (χ4v) is 2.64. The summed E-state index contributed by atoms with van der Waals surface area (Å²) in [6.45, 7) is 9.87. The Hall–Kier alpha value is -1.59. The molecule has 2 rings (SSSR count). The second kappa shape index (κ2) is 11.0. The van der Waals surface area contributed by atoms with Gasteiger partial charge in [-0.3, -0.25) is 0 Å². The van der Waals surface area contributed by atoms with Crippen LogP contribution in [0.3, 0.4) is 0 Å². The minimum atomic E-state index is 0.544. The Morgan fingerprint density at radius 2 is 1.79 bits per heavy atom. The van der Waals surface area contributed by atoms with Gasteiger partial charge in [-0.2, -0.15) is 0 Å². The minimum absolute atomic E-state index is 0.544. The van der Waals surface area contributed by atoms with Gasteiger partial charge in [0.1, 0.15) is 6.26 Å². The van der Waals surface area contributed by atoms with Gasteiger partial charge in [0.15, 0.2) is 5.76 Å². The smallest absolute Gasteiger partial charge is 0.263 e. The highest BCUT2D eigenvalue weighted by Crippen LogP contribution is 2.18. The van der Waals surface area contributed by atoms with Crippen LogP contribution in [-0.4, -0.2) is 36.1 Å². The van der Waals surface area contributed by atoms with E-state index < -0.39 is 0 Å². The van der Waals surface area contributed by atoms with E-state index in [0.717, 1.165) is 25.2 Å². The van der Waals surface area contributed by atoms with Gasteiger partial charge in [0, 0.05) is 6.54 Å². The zero-order chi connectivity index (χ0) is 17.0. The molecule has 5 heteroatoms. The quantitative estimate of drug-likeness (QED) is 0.553. The van der Waals surface area contributed by atoms with Crippen LogP contribution < -0.4 is 5.32 Å². The van der Waals surface area contributed by atoms with E-state index in [2.05, 4.69) is 29.0 Å². The maximum atomic E-state index is 5.44. The summed E-state index contributed by atoms with van der Waals surface area (Å²) in [5.41, 5.74) is 0.912. The lowest BCUT2D eigenvalue weighted by Crippen LogP contribution is -2.29. The molecule has 0 unspecified atom stereocenters. The largest absolute Gasteiger partial charge is 0.459 e. The Morgan fingerprint density at radius 3 is 2.46 bits per heavy atom. The highest BCUT2D eigenvalue weighted by molar-refractivity contribution is 5.43. The molecule has 0 aliphatic carbocycles. The van der Waals surface area contributed by atoms with Crippen molar-refractivity contribution in [2.75, 3.05) is 26.2 Å². The van der Waals surface area contributed by atoms with Crippen LogP contribution >= 0.6 is 0 Å². The molecule has 0 saturated heterocycles. The summed E-state index contributed by atoms with van der Waals surface area (Å²) < 4.78 is 10.7. The minimum Gasteiger partial charge on any atom is -0.459 e. The van der Waals surface area contributed by atoms with E-state index in [1.54, 1.807) is 12.5 Å². The normalized spacial score (nSPS) is 11.5. The molecular formula is C19H31N3O2. The van der Waals surface area contributed by atoms with E-state index in [1.165, 1.54) is 45.3 Å². The zero-order valence-corrected chi connectivity index (χ0v) is 15.1.